The second-order valence-electron chi connectivity index (χ2n) is 7.61. The number of aryl methyl sites for hydroxylation is 2. The van der Waals surface area contributed by atoms with Gasteiger partial charge in [-0.25, -0.2) is 0 Å². The lowest BCUT2D eigenvalue weighted by molar-refractivity contribution is -0.345. The van der Waals surface area contributed by atoms with E-state index in [1.165, 1.54) is 36.6 Å². The summed E-state index contributed by atoms with van der Waals surface area (Å²) < 4.78 is 124. The van der Waals surface area contributed by atoms with Gasteiger partial charge in [0.15, 0.2) is 0 Å². The fourth-order valence-corrected chi connectivity index (χ4v) is 2.92. The number of hydrogen-bond acceptors (Lipinski definition) is 4. The second-order valence-corrected chi connectivity index (χ2v) is 7.61. The van der Waals surface area contributed by atoms with Crippen molar-refractivity contribution in [3.63, 3.8) is 0 Å². The zero-order valence-electron chi connectivity index (χ0n) is 19.1. The van der Waals surface area contributed by atoms with Gasteiger partial charge in [0, 0.05) is 0 Å². The number of methoxy groups -OCH3 is 2. The van der Waals surface area contributed by atoms with Crippen LogP contribution < -0.4 is 20.1 Å². The average molecular weight is 528 g/mol. The predicted octanol–water partition coefficient (Wildman–Crippen LogP) is 5.44. The molecule has 0 radical (unpaired) electrons. The molecule has 2 aromatic rings. The van der Waals surface area contributed by atoms with Crippen LogP contribution in [0.2, 0.25) is 0 Å². The van der Waals surface area contributed by atoms with Gasteiger partial charge in [0.25, 0.3) is 0 Å². The average Bonchev–Trinajstić information content (AvgIpc) is 2.78. The second kappa shape index (κ2) is 9.82. The lowest BCUT2D eigenvalue weighted by atomic mass is 9.97. The van der Waals surface area contributed by atoms with Crippen molar-refractivity contribution < 1.29 is 54.2 Å². The monoisotopic (exact) mass is 528 g/mol. The molecule has 0 saturated heterocycles. The molecule has 2 amide bonds. The number of carbonyl (C=O) groups is 2. The Morgan fingerprint density at radius 3 is 1.22 bits per heavy atom. The number of hydrogen-bond donors (Lipinski definition) is 2. The van der Waals surface area contributed by atoms with Gasteiger partial charge in [0.05, 0.1) is 25.6 Å². The Hall–Kier alpha value is -3.58. The van der Waals surface area contributed by atoms with E-state index in [0.29, 0.717) is 11.1 Å². The zero-order valence-corrected chi connectivity index (χ0v) is 19.1. The number of amides is 2. The van der Waals surface area contributed by atoms with Crippen LogP contribution in [0.4, 0.5) is 46.5 Å². The minimum Gasteiger partial charge on any atom is -0.495 e. The van der Waals surface area contributed by atoms with E-state index >= 15 is 0 Å². The van der Waals surface area contributed by atoms with Gasteiger partial charge in [-0.1, -0.05) is 12.1 Å². The molecule has 0 atom stereocenters. The third-order valence-corrected chi connectivity index (χ3v) is 4.96. The van der Waals surface area contributed by atoms with Gasteiger partial charge in [-0.15, -0.1) is 0 Å². The molecule has 198 valence electrons. The topological polar surface area (TPSA) is 76.7 Å². The van der Waals surface area contributed by atoms with Crippen molar-refractivity contribution >= 4 is 23.2 Å². The van der Waals surface area contributed by atoms with Crippen LogP contribution in [0.25, 0.3) is 0 Å². The number of nitrogens with one attached hydrogen (secondary N) is 2. The van der Waals surface area contributed by atoms with Crippen LogP contribution in [-0.4, -0.2) is 49.7 Å². The van der Waals surface area contributed by atoms with Crippen LogP contribution in [0, 0.1) is 13.8 Å². The molecule has 2 N–H and O–H groups in total. The van der Waals surface area contributed by atoms with Gasteiger partial charge in [-0.2, -0.15) is 35.1 Å². The van der Waals surface area contributed by atoms with E-state index < -0.39 is 46.9 Å². The fourth-order valence-electron chi connectivity index (χ4n) is 2.92. The molecule has 0 heterocycles. The van der Waals surface area contributed by atoms with Crippen LogP contribution in [0.3, 0.4) is 0 Å². The molecule has 0 aliphatic heterocycles. The van der Waals surface area contributed by atoms with Gasteiger partial charge < -0.3 is 20.1 Å². The Balaban J connectivity index is 2.40. The Kier molecular flexibility index (Phi) is 7.81. The largest absolute Gasteiger partial charge is 0.495 e. The van der Waals surface area contributed by atoms with E-state index in [1.54, 1.807) is 0 Å². The number of rotatable bonds is 9. The molecule has 0 fully saturated rings. The van der Waals surface area contributed by atoms with E-state index in [4.69, 9.17) is 9.47 Å². The van der Waals surface area contributed by atoms with Crippen LogP contribution >= 0.6 is 0 Å². The lowest BCUT2D eigenvalue weighted by Gasteiger charge is -2.35. The number of carbonyl (C=O) groups excluding carboxylic acids is 2. The maximum atomic E-state index is 14.3. The molecule has 0 aromatic heterocycles. The molecule has 6 nitrogen and oxygen atoms in total. The standard InChI is InChI=1S/C22H20F8N2O4/c1-11-5-7-15(35-3)13(9-11)31-17(33)19(23,24)21(27,28)22(29,30)20(25,26)18(34)32-14-10-12(2)6-8-16(14)36-4/h5-10H,1-4H3,(H,31,33)(H,32,34). The summed E-state index contributed by atoms with van der Waals surface area (Å²) in [5, 5.41) is 2.55. The minimum absolute atomic E-state index is 0.309. The molecule has 0 aliphatic carbocycles. The summed E-state index contributed by atoms with van der Waals surface area (Å²) in [6.45, 7) is 2.83. The first kappa shape index (κ1) is 28.7. The summed E-state index contributed by atoms with van der Waals surface area (Å²) in [5.74, 6) is -33.6. The lowest BCUT2D eigenvalue weighted by Crippen LogP contribution is -2.67. The van der Waals surface area contributed by atoms with E-state index in [9.17, 15) is 44.7 Å². The zero-order chi connectivity index (χ0) is 27.7. The number of benzene rings is 2. The summed E-state index contributed by atoms with van der Waals surface area (Å²) in [7, 11) is 2.06. The molecular weight excluding hydrogens is 508 g/mol. The van der Waals surface area contributed by atoms with Gasteiger partial charge in [0.1, 0.15) is 11.5 Å². The number of ether oxygens (including phenoxy) is 2. The van der Waals surface area contributed by atoms with Crippen molar-refractivity contribution in [1.82, 2.24) is 0 Å². The number of halogens is 8. The van der Waals surface area contributed by atoms with Gasteiger partial charge in [-0.05, 0) is 49.2 Å². The van der Waals surface area contributed by atoms with E-state index in [0.717, 1.165) is 38.5 Å². The molecule has 0 bridgehead atoms. The van der Waals surface area contributed by atoms with Gasteiger partial charge in [0.2, 0.25) is 0 Å². The third kappa shape index (κ3) is 4.88. The molecule has 0 saturated carbocycles. The van der Waals surface area contributed by atoms with Crippen LogP contribution in [0.15, 0.2) is 36.4 Å². The summed E-state index contributed by atoms with van der Waals surface area (Å²) in [6, 6.07) is 7.04. The predicted molar refractivity (Wildman–Crippen MR) is 113 cm³/mol. The van der Waals surface area contributed by atoms with E-state index in [-0.39, 0.29) is 11.5 Å². The highest BCUT2D eigenvalue weighted by Gasteiger charge is 2.84. The molecule has 2 rings (SSSR count). The highest BCUT2D eigenvalue weighted by molar-refractivity contribution is 6.00. The minimum atomic E-state index is -7.03. The van der Waals surface area contributed by atoms with Gasteiger partial charge in [-0.3, -0.25) is 9.59 Å². The van der Waals surface area contributed by atoms with Crippen molar-refractivity contribution in [2.45, 2.75) is 37.5 Å². The van der Waals surface area contributed by atoms with Crippen molar-refractivity contribution in [3.8, 4) is 11.5 Å². The highest BCUT2D eigenvalue weighted by atomic mass is 19.4. The third-order valence-electron chi connectivity index (χ3n) is 4.96. The highest BCUT2D eigenvalue weighted by Crippen LogP contribution is 2.53. The molecule has 0 spiro atoms. The van der Waals surface area contributed by atoms with Crippen molar-refractivity contribution in [1.29, 1.82) is 0 Å². The number of anilines is 2. The number of alkyl halides is 8. The molecule has 2 aromatic carbocycles. The first-order chi connectivity index (χ1) is 16.4. The first-order valence-electron chi connectivity index (χ1n) is 9.87. The normalized spacial score (nSPS) is 12.7. The molecule has 0 aliphatic rings. The Bertz CT molecular complexity index is 1070. The Morgan fingerprint density at radius 2 is 0.944 bits per heavy atom. The van der Waals surface area contributed by atoms with Crippen LogP contribution in [0.5, 0.6) is 11.5 Å². The van der Waals surface area contributed by atoms with Gasteiger partial charge >= 0.3 is 35.5 Å². The molecule has 36 heavy (non-hydrogen) atoms. The van der Waals surface area contributed by atoms with E-state index in [2.05, 4.69) is 0 Å². The fraction of sp³-hybridized carbons (Fsp3) is 0.364. The maximum Gasteiger partial charge on any atom is 0.393 e. The molecule has 0 unspecified atom stereocenters. The first-order valence-corrected chi connectivity index (χ1v) is 9.87. The van der Waals surface area contributed by atoms with E-state index in [1.807, 2.05) is 0 Å². The maximum absolute atomic E-state index is 14.3. The smallest absolute Gasteiger partial charge is 0.393 e. The van der Waals surface area contributed by atoms with Crippen molar-refractivity contribution in [2.24, 2.45) is 0 Å². The Morgan fingerprint density at radius 1 is 0.639 bits per heavy atom. The van der Waals surface area contributed by atoms with Crippen LogP contribution in [0.1, 0.15) is 11.1 Å². The SMILES string of the molecule is COc1ccc(C)cc1NC(=O)C(F)(F)C(F)(F)C(F)(F)C(F)(F)C(=O)Nc1cc(C)ccc1OC. The molecular formula is C22H20F8N2O4. The summed E-state index contributed by atoms with van der Waals surface area (Å²) in [5.41, 5.74) is -0.586. The summed E-state index contributed by atoms with van der Waals surface area (Å²) >= 11 is 0. The van der Waals surface area contributed by atoms with Crippen LogP contribution in [-0.2, 0) is 9.59 Å². The van der Waals surface area contributed by atoms with Crippen molar-refractivity contribution in [2.75, 3.05) is 24.9 Å². The Labute approximate surface area is 199 Å². The summed E-state index contributed by atoms with van der Waals surface area (Å²) in [4.78, 5) is 23.8. The molecule has 14 heteroatoms. The van der Waals surface area contributed by atoms with Crippen molar-refractivity contribution in [3.05, 3.63) is 47.5 Å². The summed E-state index contributed by atoms with van der Waals surface area (Å²) in [6.07, 6.45) is 0. The quantitative estimate of drug-likeness (QED) is 0.425.